The number of ether oxygens (including phenoxy) is 1. The third kappa shape index (κ3) is 3.52. The SMILES string of the molecule is NC(=O)C1CC(C(=O)OC2CCCCC2)=NN1c1ccccc1. The van der Waals surface area contributed by atoms with E-state index in [1.165, 1.54) is 11.4 Å². The van der Waals surface area contributed by atoms with Gasteiger partial charge in [0.2, 0.25) is 5.91 Å². The Morgan fingerprint density at radius 2 is 1.83 bits per heavy atom. The maximum absolute atomic E-state index is 12.3. The second kappa shape index (κ2) is 6.81. The van der Waals surface area contributed by atoms with Gasteiger partial charge in [-0.1, -0.05) is 24.6 Å². The zero-order chi connectivity index (χ0) is 16.2. The van der Waals surface area contributed by atoms with Crippen molar-refractivity contribution in [2.75, 3.05) is 5.01 Å². The van der Waals surface area contributed by atoms with Crippen molar-refractivity contribution in [2.24, 2.45) is 10.8 Å². The molecule has 1 atom stereocenters. The molecule has 0 spiro atoms. The third-order valence-corrected chi connectivity index (χ3v) is 4.32. The summed E-state index contributed by atoms with van der Waals surface area (Å²) < 4.78 is 5.54. The molecule has 1 saturated carbocycles. The fourth-order valence-corrected chi connectivity index (χ4v) is 3.08. The molecule has 1 aliphatic heterocycles. The number of rotatable bonds is 4. The lowest BCUT2D eigenvalue weighted by molar-refractivity contribution is -0.142. The molecule has 1 aliphatic carbocycles. The van der Waals surface area contributed by atoms with Crippen LogP contribution in [0.5, 0.6) is 0 Å². The quantitative estimate of drug-likeness (QED) is 0.861. The number of hydrazone groups is 1. The molecule has 1 aromatic carbocycles. The van der Waals surface area contributed by atoms with E-state index in [0.717, 1.165) is 31.4 Å². The lowest BCUT2D eigenvalue weighted by atomic mass is 9.98. The van der Waals surface area contributed by atoms with Crippen molar-refractivity contribution in [1.82, 2.24) is 0 Å². The Bertz CT molecular complexity index is 609. The monoisotopic (exact) mass is 315 g/mol. The molecular weight excluding hydrogens is 294 g/mol. The molecular formula is C17H21N3O3. The molecule has 2 N–H and O–H groups in total. The van der Waals surface area contributed by atoms with E-state index in [2.05, 4.69) is 5.10 Å². The highest BCUT2D eigenvalue weighted by atomic mass is 16.5. The molecule has 6 nitrogen and oxygen atoms in total. The standard InChI is InChI=1S/C17H21N3O3/c18-16(21)15-11-14(17(22)23-13-9-5-2-6-10-13)19-20(15)12-7-3-1-4-8-12/h1,3-4,7-8,13,15H,2,5-6,9-11H2,(H2,18,21). The first-order chi connectivity index (χ1) is 11.1. The van der Waals surface area contributed by atoms with E-state index < -0.39 is 17.9 Å². The summed E-state index contributed by atoms with van der Waals surface area (Å²) in [4.78, 5) is 24.0. The van der Waals surface area contributed by atoms with Crippen LogP contribution in [0.1, 0.15) is 38.5 Å². The third-order valence-electron chi connectivity index (χ3n) is 4.32. The zero-order valence-electron chi connectivity index (χ0n) is 13.0. The number of anilines is 1. The van der Waals surface area contributed by atoms with E-state index in [1.54, 1.807) is 0 Å². The van der Waals surface area contributed by atoms with Crippen LogP contribution in [0, 0.1) is 0 Å². The maximum atomic E-state index is 12.3. The average molecular weight is 315 g/mol. The molecule has 1 aromatic rings. The Morgan fingerprint density at radius 3 is 2.48 bits per heavy atom. The predicted molar refractivity (Wildman–Crippen MR) is 86.9 cm³/mol. The van der Waals surface area contributed by atoms with Crippen LogP contribution in [-0.2, 0) is 14.3 Å². The summed E-state index contributed by atoms with van der Waals surface area (Å²) in [5.41, 5.74) is 6.47. The number of amides is 1. The minimum absolute atomic E-state index is 0.0308. The smallest absolute Gasteiger partial charge is 0.354 e. The van der Waals surface area contributed by atoms with Crippen LogP contribution in [0.25, 0.3) is 0 Å². The van der Waals surface area contributed by atoms with Crippen molar-refractivity contribution in [2.45, 2.75) is 50.7 Å². The van der Waals surface area contributed by atoms with Crippen molar-refractivity contribution in [3.63, 3.8) is 0 Å². The number of hydrogen-bond acceptors (Lipinski definition) is 5. The van der Waals surface area contributed by atoms with Crippen molar-refractivity contribution in [3.8, 4) is 0 Å². The Kier molecular flexibility index (Phi) is 4.60. The molecule has 0 aromatic heterocycles. The highest BCUT2D eigenvalue weighted by Gasteiger charge is 2.36. The Labute approximate surface area is 135 Å². The number of nitrogens with two attached hydrogens (primary N) is 1. The van der Waals surface area contributed by atoms with Gasteiger partial charge in [0.1, 0.15) is 17.9 Å². The lowest BCUT2D eigenvalue weighted by Crippen LogP contribution is -2.39. The van der Waals surface area contributed by atoms with E-state index in [9.17, 15) is 9.59 Å². The molecule has 2 aliphatic rings. The number of para-hydroxylation sites is 1. The summed E-state index contributed by atoms with van der Waals surface area (Å²) in [5, 5.41) is 5.81. The van der Waals surface area contributed by atoms with E-state index in [4.69, 9.17) is 10.5 Å². The minimum Gasteiger partial charge on any atom is -0.458 e. The second-order valence-corrected chi connectivity index (χ2v) is 6.01. The van der Waals surface area contributed by atoms with E-state index >= 15 is 0 Å². The minimum atomic E-state index is -0.647. The summed E-state index contributed by atoms with van der Waals surface area (Å²) in [7, 11) is 0. The highest BCUT2D eigenvalue weighted by Crippen LogP contribution is 2.26. The topological polar surface area (TPSA) is 85.0 Å². The molecule has 3 rings (SSSR count). The second-order valence-electron chi connectivity index (χ2n) is 6.01. The summed E-state index contributed by atoms with van der Waals surface area (Å²) in [5.74, 6) is -0.931. The first kappa shape index (κ1) is 15.5. The normalized spacial score (nSPS) is 21.8. The first-order valence-electron chi connectivity index (χ1n) is 8.07. The molecule has 1 amide bonds. The van der Waals surface area contributed by atoms with Gasteiger partial charge in [-0.3, -0.25) is 9.80 Å². The van der Waals surface area contributed by atoms with Gasteiger partial charge in [0.25, 0.3) is 0 Å². The Morgan fingerprint density at radius 1 is 1.13 bits per heavy atom. The summed E-state index contributed by atoms with van der Waals surface area (Å²) in [6.45, 7) is 0. The molecule has 1 unspecified atom stereocenters. The van der Waals surface area contributed by atoms with Gasteiger partial charge >= 0.3 is 5.97 Å². The molecule has 0 bridgehead atoms. The van der Waals surface area contributed by atoms with Crippen LogP contribution in [-0.4, -0.2) is 29.7 Å². The van der Waals surface area contributed by atoms with Crippen LogP contribution in [0.15, 0.2) is 35.4 Å². The Balaban J connectivity index is 1.74. The van der Waals surface area contributed by atoms with Crippen LogP contribution < -0.4 is 10.7 Å². The van der Waals surface area contributed by atoms with Gasteiger partial charge in [0.05, 0.1) is 5.69 Å². The first-order valence-corrected chi connectivity index (χ1v) is 8.07. The molecule has 0 saturated heterocycles. The molecule has 0 radical (unpaired) electrons. The molecule has 23 heavy (non-hydrogen) atoms. The number of primary amides is 1. The highest BCUT2D eigenvalue weighted by molar-refractivity contribution is 6.38. The molecule has 122 valence electrons. The fraction of sp³-hybridized carbons (Fsp3) is 0.471. The molecule has 6 heteroatoms. The maximum Gasteiger partial charge on any atom is 0.354 e. The van der Waals surface area contributed by atoms with Crippen molar-refractivity contribution in [1.29, 1.82) is 0 Å². The number of benzene rings is 1. The lowest BCUT2D eigenvalue weighted by Gasteiger charge is -2.21. The van der Waals surface area contributed by atoms with Gasteiger partial charge in [0, 0.05) is 6.42 Å². The number of carbonyl (C=O) groups excluding carboxylic acids is 2. The number of esters is 1. The molecule has 1 fully saturated rings. The van der Waals surface area contributed by atoms with E-state index in [1.807, 2.05) is 30.3 Å². The summed E-state index contributed by atoms with van der Waals surface area (Å²) >= 11 is 0. The van der Waals surface area contributed by atoms with Gasteiger partial charge < -0.3 is 10.5 Å². The van der Waals surface area contributed by atoms with Gasteiger partial charge in [-0.05, 0) is 37.8 Å². The van der Waals surface area contributed by atoms with E-state index in [-0.39, 0.29) is 18.2 Å². The van der Waals surface area contributed by atoms with Crippen LogP contribution in [0.3, 0.4) is 0 Å². The number of carbonyl (C=O) groups is 2. The van der Waals surface area contributed by atoms with Crippen molar-refractivity contribution < 1.29 is 14.3 Å². The number of nitrogens with zero attached hydrogens (tertiary/aromatic N) is 2. The summed E-state index contributed by atoms with van der Waals surface area (Å²) in [6, 6.07) is 8.58. The zero-order valence-corrected chi connectivity index (χ0v) is 13.0. The van der Waals surface area contributed by atoms with Crippen molar-refractivity contribution in [3.05, 3.63) is 30.3 Å². The Hall–Kier alpha value is -2.37. The average Bonchev–Trinajstić information content (AvgIpc) is 3.02. The van der Waals surface area contributed by atoms with Gasteiger partial charge in [-0.2, -0.15) is 5.10 Å². The van der Waals surface area contributed by atoms with Crippen LogP contribution >= 0.6 is 0 Å². The fourth-order valence-electron chi connectivity index (χ4n) is 3.08. The predicted octanol–water partition coefficient (Wildman–Crippen LogP) is 1.98. The van der Waals surface area contributed by atoms with E-state index in [0.29, 0.717) is 0 Å². The van der Waals surface area contributed by atoms with Crippen LogP contribution in [0.2, 0.25) is 0 Å². The van der Waals surface area contributed by atoms with Gasteiger partial charge in [0.15, 0.2) is 0 Å². The summed E-state index contributed by atoms with van der Waals surface area (Å²) in [6.07, 6.45) is 5.34. The largest absolute Gasteiger partial charge is 0.458 e. The number of hydrogen-bond donors (Lipinski definition) is 1. The van der Waals surface area contributed by atoms with Gasteiger partial charge in [-0.25, -0.2) is 4.79 Å². The van der Waals surface area contributed by atoms with Crippen molar-refractivity contribution >= 4 is 23.3 Å². The van der Waals surface area contributed by atoms with Crippen LogP contribution in [0.4, 0.5) is 5.69 Å². The van der Waals surface area contributed by atoms with Gasteiger partial charge in [-0.15, -0.1) is 0 Å². The molecule has 1 heterocycles.